The highest BCUT2D eigenvalue weighted by Gasteiger charge is 2.26. The van der Waals surface area contributed by atoms with Gasteiger partial charge in [0.2, 0.25) is 0 Å². The van der Waals surface area contributed by atoms with Gasteiger partial charge < -0.3 is 11.1 Å². The van der Waals surface area contributed by atoms with Crippen LogP contribution in [0.1, 0.15) is 30.6 Å². The van der Waals surface area contributed by atoms with E-state index < -0.39 is 0 Å². The molecule has 66 valence electrons. The molecule has 2 heterocycles. The molecule has 0 saturated carbocycles. The molecular formula is C8H14N4. The van der Waals surface area contributed by atoms with Gasteiger partial charge in [-0.3, -0.25) is 4.68 Å². The van der Waals surface area contributed by atoms with Crippen molar-refractivity contribution in [2.24, 2.45) is 7.05 Å². The third kappa shape index (κ3) is 0.845. The molecule has 1 atom stereocenters. The van der Waals surface area contributed by atoms with E-state index >= 15 is 0 Å². The molecule has 1 aliphatic heterocycles. The fraction of sp³-hybridized carbons (Fsp3) is 0.625. The Labute approximate surface area is 71.7 Å². The molecule has 1 aromatic heterocycles. The summed E-state index contributed by atoms with van der Waals surface area (Å²) in [5, 5.41) is 7.74. The Morgan fingerprint density at radius 1 is 1.75 bits per heavy atom. The Hall–Kier alpha value is -1.03. The number of aryl methyl sites for hydroxylation is 1. The predicted octanol–water partition coefficient (Wildman–Crippen LogP) is 0.557. The van der Waals surface area contributed by atoms with Crippen LogP contribution in [0, 0.1) is 0 Å². The summed E-state index contributed by atoms with van der Waals surface area (Å²) < 4.78 is 1.76. The van der Waals surface area contributed by atoms with Crippen molar-refractivity contribution < 1.29 is 0 Å². The summed E-state index contributed by atoms with van der Waals surface area (Å²) in [5.74, 6) is 0.799. The van der Waals surface area contributed by atoms with E-state index in [1.807, 2.05) is 7.05 Å². The van der Waals surface area contributed by atoms with E-state index in [0.717, 1.165) is 24.5 Å². The zero-order valence-electron chi connectivity index (χ0n) is 7.46. The Morgan fingerprint density at radius 3 is 3.17 bits per heavy atom. The first-order valence-corrected chi connectivity index (χ1v) is 4.28. The number of nitrogens with zero attached hydrogens (tertiary/aromatic N) is 2. The monoisotopic (exact) mass is 166 g/mol. The van der Waals surface area contributed by atoms with Gasteiger partial charge in [0, 0.05) is 19.2 Å². The molecule has 0 fully saturated rings. The van der Waals surface area contributed by atoms with Crippen molar-refractivity contribution in [3.05, 3.63) is 11.3 Å². The molecule has 1 aliphatic rings. The third-order valence-corrected chi connectivity index (χ3v) is 2.49. The summed E-state index contributed by atoms with van der Waals surface area (Å²) in [7, 11) is 1.89. The normalized spacial score (nSPS) is 21.3. The molecule has 0 radical (unpaired) electrons. The maximum absolute atomic E-state index is 5.83. The minimum atomic E-state index is 0.406. The van der Waals surface area contributed by atoms with Crippen LogP contribution >= 0.6 is 0 Å². The first-order valence-electron chi connectivity index (χ1n) is 4.28. The Balaban J connectivity index is 2.46. The summed E-state index contributed by atoms with van der Waals surface area (Å²) in [6.45, 7) is 3.02. The quantitative estimate of drug-likeness (QED) is 0.640. The zero-order valence-corrected chi connectivity index (χ0v) is 7.46. The topological polar surface area (TPSA) is 55.9 Å². The molecule has 1 unspecified atom stereocenters. The van der Waals surface area contributed by atoms with Crippen LogP contribution in [-0.2, 0) is 13.6 Å². The Bertz CT molecular complexity index is 302. The van der Waals surface area contributed by atoms with Gasteiger partial charge in [0.15, 0.2) is 0 Å². The van der Waals surface area contributed by atoms with Crippen molar-refractivity contribution in [3.63, 3.8) is 0 Å². The van der Waals surface area contributed by atoms with E-state index in [1.54, 1.807) is 4.68 Å². The van der Waals surface area contributed by atoms with Crippen LogP contribution in [0.3, 0.4) is 0 Å². The number of nitrogen functional groups attached to an aromatic ring is 1. The highest BCUT2D eigenvalue weighted by molar-refractivity contribution is 5.46. The maximum Gasteiger partial charge on any atom is 0.126 e. The molecule has 0 bridgehead atoms. The minimum absolute atomic E-state index is 0.406. The fourth-order valence-electron chi connectivity index (χ4n) is 1.72. The molecule has 1 aromatic rings. The fourth-order valence-corrected chi connectivity index (χ4v) is 1.72. The van der Waals surface area contributed by atoms with Gasteiger partial charge in [-0.15, -0.1) is 0 Å². The Kier molecular flexibility index (Phi) is 1.58. The van der Waals surface area contributed by atoms with Crippen molar-refractivity contribution in [2.45, 2.75) is 25.9 Å². The Morgan fingerprint density at radius 2 is 2.50 bits per heavy atom. The van der Waals surface area contributed by atoms with Crippen molar-refractivity contribution in [1.29, 1.82) is 0 Å². The van der Waals surface area contributed by atoms with E-state index in [4.69, 9.17) is 5.73 Å². The van der Waals surface area contributed by atoms with E-state index in [9.17, 15) is 0 Å². The second-order valence-corrected chi connectivity index (χ2v) is 3.21. The molecule has 0 aliphatic carbocycles. The number of rotatable bonds is 1. The van der Waals surface area contributed by atoms with Crippen LogP contribution in [0.4, 0.5) is 5.82 Å². The lowest BCUT2D eigenvalue weighted by Crippen LogP contribution is -2.13. The average Bonchev–Trinajstić information content (AvgIpc) is 2.55. The van der Waals surface area contributed by atoms with E-state index in [-0.39, 0.29) is 0 Å². The van der Waals surface area contributed by atoms with Gasteiger partial charge in [0.05, 0.1) is 11.7 Å². The second-order valence-electron chi connectivity index (χ2n) is 3.21. The second kappa shape index (κ2) is 2.48. The number of fused-ring (bicyclic) bond motifs is 1. The molecule has 0 amide bonds. The summed E-state index contributed by atoms with van der Waals surface area (Å²) in [4.78, 5) is 0. The van der Waals surface area contributed by atoms with E-state index in [1.165, 1.54) is 5.56 Å². The van der Waals surface area contributed by atoms with Crippen LogP contribution in [0.25, 0.3) is 0 Å². The molecule has 4 nitrogen and oxygen atoms in total. The standard InChI is InChI=1S/C8H14N4/c1-3-6-7-5(4-10-6)8(9)12(2)11-7/h6,10H,3-4,9H2,1-2H3. The number of nitrogens with two attached hydrogens (primary N) is 1. The first-order chi connectivity index (χ1) is 5.74. The lowest BCUT2D eigenvalue weighted by atomic mass is 10.1. The zero-order chi connectivity index (χ0) is 8.72. The van der Waals surface area contributed by atoms with Crippen molar-refractivity contribution in [3.8, 4) is 0 Å². The number of aromatic nitrogens is 2. The van der Waals surface area contributed by atoms with Crippen molar-refractivity contribution in [2.75, 3.05) is 5.73 Å². The van der Waals surface area contributed by atoms with Crippen LogP contribution in [-0.4, -0.2) is 9.78 Å². The maximum atomic E-state index is 5.83. The smallest absolute Gasteiger partial charge is 0.126 e. The third-order valence-electron chi connectivity index (χ3n) is 2.49. The minimum Gasteiger partial charge on any atom is -0.384 e. The first kappa shape index (κ1) is 7.61. The highest BCUT2D eigenvalue weighted by Crippen LogP contribution is 2.29. The summed E-state index contributed by atoms with van der Waals surface area (Å²) >= 11 is 0. The average molecular weight is 166 g/mol. The largest absolute Gasteiger partial charge is 0.384 e. The van der Waals surface area contributed by atoms with Gasteiger partial charge >= 0.3 is 0 Å². The van der Waals surface area contributed by atoms with Gasteiger partial charge in [0.1, 0.15) is 5.82 Å². The van der Waals surface area contributed by atoms with Gasteiger partial charge in [-0.2, -0.15) is 5.10 Å². The molecule has 3 N–H and O–H groups in total. The summed E-state index contributed by atoms with van der Waals surface area (Å²) in [6, 6.07) is 0.406. The molecule has 0 saturated heterocycles. The molecule has 12 heavy (non-hydrogen) atoms. The molecule has 2 rings (SSSR count). The van der Waals surface area contributed by atoms with Crippen LogP contribution in [0.15, 0.2) is 0 Å². The predicted molar refractivity (Wildman–Crippen MR) is 47.5 cm³/mol. The van der Waals surface area contributed by atoms with Gasteiger partial charge in [-0.25, -0.2) is 0 Å². The SMILES string of the molecule is CCC1NCc2c1nn(C)c2N. The number of hydrogen-bond donors (Lipinski definition) is 2. The van der Waals surface area contributed by atoms with Crippen LogP contribution < -0.4 is 11.1 Å². The number of anilines is 1. The van der Waals surface area contributed by atoms with Crippen LogP contribution in [0.5, 0.6) is 0 Å². The lowest BCUT2D eigenvalue weighted by molar-refractivity contribution is 0.541. The van der Waals surface area contributed by atoms with Crippen LogP contribution in [0.2, 0.25) is 0 Å². The molecule has 0 spiro atoms. The summed E-state index contributed by atoms with van der Waals surface area (Å²) in [6.07, 6.45) is 1.07. The van der Waals surface area contributed by atoms with Crippen molar-refractivity contribution >= 4 is 5.82 Å². The lowest BCUT2D eigenvalue weighted by Gasteiger charge is -2.05. The molecule has 0 aromatic carbocycles. The summed E-state index contributed by atoms with van der Waals surface area (Å²) in [5.41, 5.74) is 8.15. The van der Waals surface area contributed by atoms with Gasteiger partial charge in [-0.05, 0) is 6.42 Å². The van der Waals surface area contributed by atoms with Gasteiger partial charge in [-0.1, -0.05) is 6.92 Å². The molecular weight excluding hydrogens is 152 g/mol. The number of nitrogens with one attached hydrogen (secondary N) is 1. The number of hydrogen-bond acceptors (Lipinski definition) is 3. The van der Waals surface area contributed by atoms with E-state index in [2.05, 4.69) is 17.3 Å². The van der Waals surface area contributed by atoms with Crippen molar-refractivity contribution in [1.82, 2.24) is 15.1 Å². The highest BCUT2D eigenvalue weighted by atomic mass is 15.3. The van der Waals surface area contributed by atoms with Gasteiger partial charge in [0.25, 0.3) is 0 Å². The van der Waals surface area contributed by atoms with E-state index in [0.29, 0.717) is 6.04 Å². The molecule has 4 heteroatoms.